The molecule has 3 rings (SSSR count). The second kappa shape index (κ2) is 7.89. The van der Waals surface area contributed by atoms with Crippen molar-refractivity contribution in [2.75, 3.05) is 42.5 Å². The molecule has 0 N–H and O–H groups in total. The fourth-order valence-corrected chi connectivity index (χ4v) is 3.70. The summed E-state index contributed by atoms with van der Waals surface area (Å²) in [5.41, 5.74) is 2.00. The minimum Gasteiger partial charge on any atom is -0.372 e. The summed E-state index contributed by atoms with van der Waals surface area (Å²) in [6.07, 6.45) is 4.58. The average Bonchev–Trinajstić information content (AvgIpc) is 3.14. The Morgan fingerprint density at radius 3 is 2.20 bits per heavy atom. The Morgan fingerprint density at radius 1 is 1.04 bits per heavy atom. The van der Waals surface area contributed by atoms with Gasteiger partial charge in [0.25, 0.3) is 0 Å². The van der Waals surface area contributed by atoms with E-state index in [9.17, 15) is 9.59 Å². The highest BCUT2D eigenvalue weighted by Gasteiger charge is 2.24. The number of benzene rings is 1. The van der Waals surface area contributed by atoms with Gasteiger partial charge in [0, 0.05) is 44.5 Å². The number of amides is 2. The van der Waals surface area contributed by atoms with E-state index in [2.05, 4.69) is 24.0 Å². The van der Waals surface area contributed by atoms with Gasteiger partial charge in [-0.3, -0.25) is 9.59 Å². The molecule has 0 radical (unpaired) electrons. The maximum atomic E-state index is 12.6. The second-order valence-corrected chi connectivity index (χ2v) is 7.38. The maximum absolute atomic E-state index is 12.6. The lowest BCUT2D eigenvalue weighted by atomic mass is 9.99. The summed E-state index contributed by atoms with van der Waals surface area (Å²) in [5, 5.41) is 0. The van der Waals surface area contributed by atoms with Gasteiger partial charge >= 0.3 is 0 Å². The van der Waals surface area contributed by atoms with Gasteiger partial charge in [0.15, 0.2) is 0 Å². The molecule has 2 aliphatic rings. The first kappa shape index (κ1) is 17.8. The molecule has 2 amide bonds. The summed E-state index contributed by atoms with van der Waals surface area (Å²) in [4.78, 5) is 30.5. The number of hydrogen-bond acceptors (Lipinski definition) is 3. The highest BCUT2D eigenvalue weighted by atomic mass is 16.2. The normalized spacial score (nSPS) is 18.5. The Labute approximate surface area is 150 Å². The third-order valence-electron chi connectivity index (χ3n) is 5.44. The molecule has 2 aliphatic heterocycles. The van der Waals surface area contributed by atoms with Crippen molar-refractivity contribution < 1.29 is 9.59 Å². The van der Waals surface area contributed by atoms with E-state index in [4.69, 9.17) is 0 Å². The van der Waals surface area contributed by atoms with Crippen LogP contribution in [0.15, 0.2) is 24.3 Å². The standard InChI is InChI=1S/C20H29N3O2/c1-16-9-13-22(14-10-16)20(25)15-23(17(2)24)19-7-5-18(6-8-19)21-11-3-4-12-21/h5-8,16H,3-4,9-15H2,1-2H3. The monoisotopic (exact) mass is 343 g/mol. The molecule has 2 fully saturated rings. The SMILES string of the molecule is CC(=O)N(CC(=O)N1CCC(C)CC1)c1ccc(N2CCCC2)cc1. The molecule has 0 spiro atoms. The van der Waals surface area contributed by atoms with Crippen LogP contribution in [0.3, 0.4) is 0 Å². The topological polar surface area (TPSA) is 43.9 Å². The first-order chi connectivity index (χ1) is 12.0. The van der Waals surface area contributed by atoms with Gasteiger partial charge in [-0.1, -0.05) is 6.92 Å². The van der Waals surface area contributed by atoms with Crippen molar-refractivity contribution >= 4 is 23.2 Å². The van der Waals surface area contributed by atoms with Crippen LogP contribution in [0.1, 0.15) is 39.5 Å². The highest BCUT2D eigenvalue weighted by Crippen LogP contribution is 2.24. The first-order valence-electron chi connectivity index (χ1n) is 9.45. The average molecular weight is 343 g/mol. The molecule has 2 saturated heterocycles. The van der Waals surface area contributed by atoms with E-state index in [-0.39, 0.29) is 18.4 Å². The van der Waals surface area contributed by atoms with E-state index in [0.29, 0.717) is 5.92 Å². The largest absolute Gasteiger partial charge is 0.372 e. The molecule has 0 aromatic heterocycles. The zero-order chi connectivity index (χ0) is 17.8. The summed E-state index contributed by atoms with van der Waals surface area (Å²) in [6, 6.07) is 8.04. The lowest BCUT2D eigenvalue weighted by molar-refractivity contribution is -0.132. The van der Waals surface area contributed by atoms with Gasteiger partial charge in [0.2, 0.25) is 11.8 Å². The zero-order valence-corrected chi connectivity index (χ0v) is 15.4. The number of anilines is 2. The zero-order valence-electron chi connectivity index (χ0n) is 15.4. The molecule has 25 heavy (non-hydrogen) atoms. The van der Waals surface area contributed by atoms with Crippen molar-refractivity contribution in [2.45, 2.75) is 39.5 Å². The van der Waals surface area contributed by atoms with Crippen LogP contribution in [0.5, 0.6) is 0 Å². The van der Waals surface area contributed by atoms with Gasteiger partial charge in [-0.25, -0.2) is 0 Å². The Kier molecular flexibility index (Phi) is 5.61. The van der Waals surface area contributed by atoms with Gasteiger partial charge in [-0.05, 0) is 55.9 Å². The molecular formula is C20H29N3O2. The predicted molar refractivity (Wildman–Crippen MR) is 101 cm³/mol. The molecule has 1 aromatic carbocycles. The number of nitrogens with zero attached hydrogens (tertiary/aromatic N) is 3. The van der Waals surface area contributed by atoms with Crippen LogP contribution in [0, 0.1) is 5.92 Å². The molecule has 0 bridgehead atoms. The number of hydrogen-bond donors (Lipinski definition) is 0. The third kappa shape index (κ3) is 4.33. The van der Waals surface area contributed by atoms with E-state index in [1.807, 2.05) is 17.0 Å². The van der Waals surface area contributed by atoms with Crippen molar-refractivity contribution in [1.29, 1.82) is 0 Å². The second-order valence-electron chi connectivity index (χ2n) is 7.38. The fraction of sp³-hybridized carbons (Fsp3) is 0.600. The van der Waals surface area contributed by atoms with Crippen LogP contribution >= 0.6 is 0 Å². The maximum Gasteiger partial charge on any atom is 0.242 e. The minimum absolute atomic E-state index is 0.0470. The highest BCUT2D eigenvalue weighted by molar-refractivity contribution is 5.97. The van der Waals surface area contributed by atoms with Crippen molar-refractivity contribution in [2.24, 2.45) is 5.92 Å². The molecule has 1 aromatic rings. The number of rotatable bonds is 4. The molecule has 0 aliphatic carbocycles. The molecule has 5 heteroatoms. The number of carbonyl (C=O) groups excluding carboxylic acids is 2. The minimum atomic E-state index is -0.0901. The summed E-state index contributed by atoms with van der Waals surface area (Å²) >= 11 is 0. The molecular weight excluding hydrogens is 314 g/mol. The Bertz CT molecular complexity index is 600. The quantitative estimate of drug-likeness (QED) is 0.844. The van der Waals surface area contributed by atoms with Gasteiger partial charge in [-0.15, -0.1) is 0 Å². The van der Waals surface area contributed by atoms with Crippen molar-refractivity contribution in [3.05, 3.63) is 24.3 Å². The van der Waals surface area contributed by atoms with E-state index < -0.39 is 0 Å². The van der Waals surface area contributed by atoms with Crippen LogP contribution in [0.4, 0.5) is 11.4 Å². The Balaban J connectivity index is 1.66. The number of likely N-dealkylation sites (tertiary alicyclic amines) is 1. The van der Waals surface area contributed by atoms with E-state index >= 15 is 0 Å². The van der Waals surface area contributed by atoms with E-state index in [0.717, 1.165) is 44.7 Å². The molecule has 0 saturated carbocycles. The third-order valence-corrected chi connectivity index (χ3v) is 5.44. The van der Waals surface area contributed by atoms with Crippen molar-refractivity contribution in [1.82, 2.24) is 4.90 Å². The van der Waals surface area contributed by atoms with Crippen LogP contribution in [-0.4, -0.2) is 49.4 Å². The van der Waals surface area contributed by atoms with Crippen LogP contribution < -0.4 is 9.80 Å². The summed E-state index contributed by atoms with van der Waals surface area (Å²) < 4.78 is 0. The van der Waals surface area contributed by atoms with Crippen LogP contribution in [0.25, 0.3) is 0 Å². The summed E-state index contributed by atoms with van der Waals surface area (Å²) in [7, 11) is 0. The van der Waals surface area contributed by atoms with Gasteiger partial charge in [-0.2, -0.15) is 0 Å². The molecule has 0 atom stereocenters. The van der Waals surface area contributed by atoms with Gasteiger partial charge in [0.1, 0.15) is 6.54 Å². The van der Waals surface area contributed by atoms with Crippen molar-refractivity contribution in [3.8, 4) is 0 Å². The van der Waals surface area contributed by atoms with Gasteiger partial charge < -0.3 is 14.7 Å². The first-order valence-corrected chi connectivity index (χ1v) is 9.45. The fourth-order valence-electron chi connectivity index (χ4n) is 3.70. The van der Waals surface area contributed by atoms with E-state index in [1.165, 1.54) is 25.5 Å². The predicted octanol–water partition coefficient (Wildman–Crippen LogP) is 2.90. The molecule has 5 nitrogen and oxygen atoms in total. The Hall–Kier alpha value is -2.04. The lowest BCUT2D eigenvalue weighted by Crippen LogP contribution is -2.45. The smallest absolute Gasteiger partial charge is 0.242 e. The molecule has 0 unspecified atom stereocenters. The Morgan fingerprint density at radius 2 is 1.64 bits per heavy atom. The number of carbonyl (C=O) groups is 2. The van der Waals surface area contributed by atoms with E-state index in [1.54, 1.807) is 4.90 Å². The van der Waals surface area contributed by atoms with Crippen LogP contribution in [0.2, 0.25) is 0 Å². The van der Waals surface area contributed by atoms with Gasteiger partial charge in [0.05, 0.1) is 0 Å². The number of piperidine rings is 1. The molecule has 2 heterocycles. The van der Waals surface area contributed by atoms with Crippen LogP contribution in [-0.2, 0) is 9.59 Å². The summed E-state index contributed by atoms with van der Waals surface area (Å²) in [5.74, 6) is 0.643. The summed E-state index contributed by atoms with van der Waals surface area (Å²) in [6.45, 7) is 7.70. The molecule has 136 valence electrons. The van der Waals surface area contributed by atoms with Crippen molar-refractivity contribution in [3.63, 3.8) is 0 Å². The lowest BCUT2D eigenvalue weighted by Gasteiger charge is -2.32.